The molecule has 0 atom stereocenters. The summed E-state index contributed by atoms with van der Waals surface area (Å²) in [7, 11) is 0. The van der Waals surface area contributed by atoms with Gasteiger partial charge in [-0.05, 0) is 92.7 Å². The summed E-state index contributed by atoms with van der Waals surface area (Å²) in [6.07, 6.45) is 10.9. The van der Waals surface area contributed by atoms with Crippen LogP contribution < -0.4 is 0 Å². The lowest BCUT2D eigenvalue weighted by Gasteiger charge is -2.37. The highest BCUT2D eigenvalue weighted by Gasteiger charge is 2.32. The molecule has 0 unspecified atom stereocenters. The van der Waals surface area contributed by atoms with Gasteiger partial charge in [-0.15, -0.1) is 0 Å². The van der Waals surface area contributed by atoms with E-state index in [1.165, 1.54) is 44.2 Å². The Morgan fingerprint density at radius 2 is 1.28 bits per heavy atom. The van der Waals surface area contributed by atoms with E-state index in [-0.39, 0.29) is 5.92 Å². The minimum absolute atomic E-state index is 0.175. The number of rotatable bonds is 4. The number of hydrogen-bond acceptors (Lipinski definition) is 0. The van der Waals surface area contributed by atoms with Crippen molar-refractivity contribution in [2.45, 2.75) is 77.6 Å². The van der Waals surface area contributed by atoms with Gasteiger partial charge in [0, 0.05) is 0 Å². The molecule has 0 nitrogen and oxygen atoms in total. The van der Waals surface area contributed by atoms with Crippen LogP contribution in [-0.4, -0.2) is 0 Å². The summed E-state index contributed by atoms with van der Waals surface area (Å²) in [5.74, 6) is 0.723. The second-order valence-electron chi connectivity index (χ2n) is 8.60. The maximum Gasteiger partial charge on any atom is 0.194 e. The maximum atomic E-state index is 13.5. The topological polar surface area (TPSA) is 0 Å². The van der Waals surface area contributed by atoms with Gasteiger partial charge >= 0.3 is 0 Å². The van der Waals surface area contributed by atoms with Crippen molar-refractivity contribution in [3.05, 3.63) is 41.1 Å². The number of hydrogen-bond donors (Lipinski definition) is 0. The van der Waals surface area contributed by atoms with Gasteiger partial charge in [-0.25, -0.2) is 13.2 Å². The fraction of sp³-hybridized carbons (Fsp3) is 0.682. The SMILES string of the molecule is C[C+](C)CC1CCC(C2CCC(c3cc(F)c(F)c(F)c3)CC2)CC1. The quantitative estimate of drug-likeness (QED) is 0.398. The van der Waals surface area contributed by atoms with Gasteiger partial charge in [0.1, 0.15) is 0 Å². The molecule has 0 heterocycles. The summed E-state index contributed by atoms with van der Waals surface area (Å²) < 4.78 is 40.1. The zero-order valence-electron chi connectivity index (χ0n) is 15.5. The van der Waals surface area contributed by atoms with Crippen LogP contribution in [0.25, 0.3) is 0 Å². The highest BCUT2D eigenvalue weighted by atomic mass is 19.2. The molecule has 3 heteroatoms. The third kappa shape index (κ3) is 4.54. The molecule has 0 aromatic heterocycles. The lowest BCUT2D eigenvalue weighted by atomic mass is 9.67. The second kappa shape index (κ2) is 8.05. The van der Waals surface area contributed by atoms with Crippen LogP contribution in [0.15, 0.2) is 12.1 Å². The predicted octanol–water partition coefficient (Wildman–Crippen LogP) is 7.19. The molecular weight excluding hydrogens is 321 g/mol. The molecule has 0 spiro atoms. The van der Waals surface area contributed by atoms with E-state index >= 15 is 0 Å². The van der Waals surface area contributed by atoms with Gasteiger partial charge in [0.15, 0.2) is 17.5 Å². The minimum Gasteiger partial charge on any atom is -0.204 e. The molecule has 0 saturated heterocycles. The highest BCUT2D eigenvalue weighted by Crippen LogP contribution is 2.45. The molecule has 138 valence electrons. The van der Waals surface area contributed by atoms with E-state index < -0.39 is 17.5 Å². The average molecular weight is 351 g/mol. The van der Waals surface area contributed by atoms with Crippen molar-refractivity contribution in [2.24, 2.45) is 17.8 Å². The fourth-order valence-corrected chi connectivity index (χ4v) is 5.18. The van der Waals surface area contributed by atoms with Crippen LogP contribution in [0.5, 0.6) is 0 Å². The Labute approximate surface area is 150 Å². The molecule has 0 radical (unpaired) electrons. The lowest BCUT2D eigenvalue weighted by Crippen LogP contribution is -2.25. The third-order valence-corrected chi connectivity index (χ3v) is 6.50. The molecule has 1 aromatic rings. The van der Waals surface area contributed by atoms with Crippen LogP contribution in [0.1, 0.15) is 83.1 Å². The van der Waals surface area contributed by atoms with Crippen molar-refractivity contribution in [3.63, 3.8) is 0 Å². The van der Waals surface area contributed by atoms with E-state index in [0.29, 0.717) is 5.56 Å². The van der Waals surface area contributed by atoms with Crippen LogP contribution >= 0.6 is 0 Å². The molecule has 2 aliphatic rings. The predicted molar refractivity (Wildman–Crippen MR) is 95.7 cm³/mol. The van der Waals surface area contributed by atoms with E-state index in [4.69, 9.17) is 0 Å². The van der Waals surface area contributed by atoms with Gasteiger partial charge in [0.05, 0.1) is 26.2 Å². The molecule has 1 aromatic carbocycles. The normalized spacial score (nSPS) is 30.3. The Morgan fingerprint density at radius 3 is 1.76 bits per heavy atom. The fourth-order valence-electron chi connectivity index (χ4n) is 5.18. The molecule has 25 heavy (non-hydrogen) atoms. The van der Waals surface area contributed by atoms with Crippen molar-refractivity contribution in [3.8, 4) is 0 Å². The Bertz CT molecular complexity index is 542. The van der Waals surface area contributed by atoms with E-state index in [1.54, 1.807) is 5.92 Å². The molecule has 2 saturated carbocycles. The van der Waals surface area contributed by atoms with Crippen LogP contribution in [0.2, 0.25) is 0 Å². The van der Waals surface area contributed by atoms with E-state index in [2.05, 4.69) is 13.8 Å². The van der Waals surface area contributed by atoms with Crippen molar-refractivity contribution >= 4 is 0 Å². The van der Waals surface area contributed by atoms with E-state index in [9.17, 15) is 13.2 Å². The first-order valence-electron chi connectivity index (χ1n) is 9.87. The highest BCUT2D eigenvalue weighted by molar-refractivity contribution is 5.23. The average Bonchev–Trinajstić information content (AvgIpc) is 2.59. The van der Waals surface area contributed by atoms with Gasteiger partial charge in [-0.1, -0.05) is 0 Å². The monoisotopic (exact) mass is 351 g/mol. The largest absolute Gasteiger partial charge is 0.204 e. The summed E-state index contributed by atoms with van der Waals surface area (Å²) in [6, 6.07) is 2.39. The summed E-state index contributed by atoms with van der Waals surface area (Å²) >= 11 is 0. The second-order valence-corrected chi connectivity index (χ2v) is 8.60. The molecule has 0 bridgehead atoms. The van der Waals surface area contributed by atoms with Gasteiger partial charge in [0.25, 0.3) is 0 Å². The smallest absolute Gasteiger partial charge is 0.194 e. The molecule has 3 rings (SSSR count). The zero-order valence-corrected chi connectivity index (χ0v) is 15.5. The first kappa shape index (κ1) is 18.7. The summed E-state index contributed by atoms with van der Waals surface area (Å²) in [5.41, 5.74) is 0.632. The molecule has 2 aliphatic carbocycles. The Balaban J connectivity index is 1.51. The van der Waals surface area contributed by atoms with Gasteiger partial charge in [-0.2, -0.15) is 0 Å². The molecule has 2 fully saturated rings. The maximum absolute atomic E-state index is 13.5. The number of benzene rings is 1. The van der Waals surface area contributed by atoms with Crippen molar-refractivity contribution in [1.29, 1.82) is 0 Å². The van der Waals surface area contributed by atoms with Crippen LogP contribution in [0.4, 0.5) is 13.2 Å². The Hall–Kier alpha value is -1.12. The first-order chi connectivity index (χ1) is 11.9. The Kier molecular flexibility index (Phi) is 6.01. The summed E-state index contributed by atoms with van der Waals surface area (Å²) in [6.45, 7) is 4.46. The zero-order chi connectivity index (χ0) is 18.0. The van der Waals surface area contributed by atoms with Crippen molar-refractivity contribution < 1.29 is 13.2 Å². The van der Waals surface area contributed by atoms with E-state index in [0.717, 1.165) is 43.4 Å². The van der Waals surface area contributed by atoms with Gasteiger partial charge in [-0.3, -0.25) is 0 Å². The lowest BCUT2D eigenvalue weighted by molar-refractivity contribution is 0.158. The van der Waals surface area contributed by atoms with Crippen LogP contribution in [-0.2, 0) is 0 Å². The van der Waals surface area contributed by atoms with Crippen molar-refractivity contribution in [2.75, 3.05) is 0 Å². The minimum atomic E-state index is -1.35. The molecule has 0 amide bonds. The molecule has 0 aliphatic heterocycles. The van der Waals surface area contributed by atoms with Gasteiger partial charge in [0.2, 0.25) is 0 Å². The first-order valence-corrected chi connectivity index (χ1v) is 9.87. The van der Waals surface area contributed by atoms with Crippen molar-refractivity contribution in [1.82, 2.24) is 0 Å². The summed E-state index contributed by atoms with van der Waals surface area (Å²) in [5, 5.41) is 0. The van der Waals surface area contributed by atoms with E-state index in [1.807, 2.05) is 0 Å². The summed E-state index contributed by atoms with van der Waals surface area (Å²) in [4.78, 5) is 0. The van der Waals surface area contributed by atoms with Gasteiger partial charge < -0.3 is 0 Å². The number of halogens is 3. The van der Waals surface area contributed by atoms with Crippen LogP contribution in [0, 0.1) is 41.1 Å². The molecular formula is C22H30F3+. The Morgan fingerprint density at radius 1 is 0.800 bits per heavy atom. The van der Waals surface area contributed by atoms with Crippen LogP contribution in [0.3, 0.4) is 0 Å². The third-order valence-electron chi connectivity index (χ3n) is 6.50. The standard InChI is InChI=1S/C22H30F3/c1-14(2)11-15-3-5-16(6-4-15)17-7-9-18(10-8-17)19-12-20(23)22(25)21(24)13-19/h12-13,15-18H,3-11H2,1-2H3/q+1. The molecule has 0 N–H and O–H groups in total.